The molecule has 9 heteroatoms. The number of rotatable bonds is 5. The van der Waals surface area contributed by atoms with Crippen LogP contribution < -0.4 is 10.6 Å². The zero-order valence-electron chi connectivity index (χ0n) is 10.1. The molecule has 1 fully saturated rings. The standard InChI is InChI=1S/C10H16N2O6S/c13-8(14)5-7(9(15)16)12-10(17)11-6-1-3-19(18)4-2-6/h6-7H,1-5H2,(H,13,14)(H,15,16)(H2,11,12,17)/t6?,7-,19?/m0/s1. The molecule has 0 saturated carbocycles. The molecule has 0 radical (unpaired) electrons. The molecule has 2 amide bonds. The van der Waals surface area contributed by atoms with Crippen molar-refractivity contribution in [3.8, 4) is 0 Å². The second kappa shape index (κ2) is 7.07. The zero-order chi connectivity index (χ0) is 14.4. The van der Waals surface area contributed by atoms with Crippen LogP contribution in [-0.2, 0) is 20.4 Å². The number of nitrogens with one attached hydrogen (secondary N) is 2. The lowest BCUT2D eigenvalue weighted by atomic mass is 10.1. The van der Waals surface area contributed by atoms with Crippen molar-refractivity contribution in [2.45, 2.75) is 31.3 Å². The lowest BCUT2D eigenvalue weighted by molar-refractivity contribution is -0.145. The Balaban J connectivity index is 2.42. The largest absolute Gasteiger partial charge is 0.481 e. The molecule has 1 aliphatic heterocycles. The van der Waals surface area contributed by atoms with E-state index in [0.29, 0.717) is 24.3 Å². The summed E-state index contributed by atoms with van der Waals surface area (Å²) in [4.78, 5) is 32.7. The average Bonchev–Trinajstić information content (AvgIpc) is 2.30. The van der Waals surface area contributed by atoms with Gasteiger partial charge in [-0.1, -0.05) is 0 Å². The molecular formula is C10H16N2O6S. The summed E-state index contributed by atoms with van der Waals surface area (Å²) < 4.78 is 11.1. The van der Waals surface area contributed by atoms with Crippen LogP contribution in [0.5, 0.6) is 0 Å². The molecule has 8 nitrogen and oxygen atoms in total. The van der Waals surface area contributed by atoms with E-state index in [2.05, 4.69) is 10.6 Å². The van der Waals surface area contributed by atoms with Gasteiger partial charge in [-0.15, -0.1) is 0 Å². The van der Waals surface area contributed by atoms with Gasteiger partial charge in [0.05, 0.1) is 6.42 Å². The molecular weight excluding hydrogens is 276 g/mol. The molecule has 108 valence electrons. The van der Waals surface area contributed by atoms with E-state index in [1.165, 1.54) is 0 Å². The molecule has 1 aliphatic rings. The lowest BCUT2D eigenvalue weighted by Crippen LogP contribution is -2.50. The zero-order valence-corrected chi connectivity index (χ0v) is 10.9. The van der Waals surface area contributed by atoms with Gasteiger partial charge in [0.1, 0.15) is 6.04 Å². The van der Waals surface area contributed by atoms with Crippen molar-refractivity contribution in [1.29, 1.82) is 0 Å². The van der Waals surface area contributed by atoms with Crippen LogP contribution >= 0.6 is 0 Å². The van der Waals surface area contributed by atoms with Crippen molar-refractivity contribution in [3.05, 3.63) is 0 Å². The van der Waals surface area contributed by atoms with Gasteiger partial charge in [-0.3, -0.25) is 9.00 Å². The van der Waals surface area contributed by atoms with E-state index in [9.17, 15) is 18.6 Å². The summed E-state index contributed by atoms with van der Waals surface area (Å²) >= 11 is 0. The molecule has 1 rings (SSSR count). The second-order valence-electron chi connectivity index (χ2n) is 4.23. The molecule has 1 heterocycles. The van der Waals surface area contributed by atoms with Crippen LogP contribution in [0.25, 0.3) is 0 Å². The first kappa shape index (κ1) is 15.4. The monoisotopic (exact) mass is 292 g/mol. The van der Waals surface area contributed by atoms with Gasteiger partial charge in [-0.25, -0.2) is 9.59 Å². The third kappa shape index (κ3) is 5.69. The molecule has 19 heavy (non-hydrogen) atoms. The maximum atomic E-state index is 11.5. The normalized spacial score (nSPS) is 24.2. The summed E-state index contributed by atoms with van der Waals surface area (Å²) in [5.74, 6) is -1.70. The quantitative estimate of drug-likeness (QED) is 0.520. The van der Waals surface area contributed by atoms with Crippen molar-refractivity contribution in [1.82, 2.24) is 10.6 Å². The third-order valence-corrected chi connectivity index (χ3v) is 4.09. The van der Waals surface area contributed by atoms with Crippen LogP contribution in [0.3, 0.4) is 0 Å². The summed E-state index contributed by atoms with van der Waals surface area (Å²) in [6, 6.07) is -2.33. The van der Waals surface area contributed by atoms with E-state index in [-0.39, 0.29) is 6.04 Å². The molecule has 1 atom stereocenters. The topological polar surface area (TPSA) is 133 Å². The highest BCUT2D eigenvalue weighted by Gasteiger charge is 2.25. The lowest BCUT2D eigenvalue weighted by Gasteiger charge is -2.23. The average molecular weight is 292 g/mol. The maximum absolute atomic E-state index is 11.5. The SMILES string of the molecule is O=C(O)C[C@H](NC(=O)NC1CCS(=O)CC1)C(=O)O. The molecule has 0 unspecified atom stereocenters. The van der Waals surface area contributed by atoms with Crippen molar-refractivity contribution in [2.24, 2.45) is 0 Å². The summed E-state index contributed by atoms with van der Waals surface area (Å²) in [5.41, 5.74) is 0. The van der Waals surface area contributed by atoms with Gasteiger partial charge in [0.15, 0.2) is 0 Å². The van der Waals surface area contributed by atoms with Crippen molar-refractivity contribution < 1.29 is 28.8 Å². The Kier molecular flexibility index (Phi) is 5.74. The number of carboxylic acid groups (broad SMARTS) is 2. The Bertz CT molecular complexity index is 389. The van der Waals surface area contributed by atoms with Crippen LogP contribution in [0.1, 0.15) is 19.3 Å². The minimum Gasteiger partial charge on any atom is -0.481 e. The van der Waals surface area contributed by atoms with E-state index < -0.39 is 41.2 Å². The number of carboxylic acids is 2. The minimum absolute atomic E-state index is 0.156. The molecule has 0 bridgehead atoms. The number of hydrogen-bond donors (Lipinski definition) is 4. The third-order valence-electron chi connectivity index (χ3n) is 2.71. The first-order valence-electron chi connectivity index (χ1n) is 5.75. The molecule has 1 saturated heterocycles. The van der Waals surface area contributed by atoms with Gasteiger partial charge in [-0.2, -0.15) is 0 Å². The fraction of sp³-hybridized carbons (Fsp3) is 0.700. The first-order valence-corrected chi connectivity index (χ1v) is 7.24. The van der Waals surface area contributed by atoms with Gasteiger partial charge >= 0.3 is 18.0 Å². The fourth-order valence-electron chi connectivity index (χ4n) is 1.70. The van der Waals surface area contributed by atoms with Gasteiger partial charge in [0.25, 0.3) is 0 Å². The van der Waals surface area contributed by atoms with Crippen LogP contribution in [0.2, 0.25) is 0 Å². The minimum atomic E-state index is -1.46. The van der Waals surface area contributed by atoms with E-state index in [1.807, 2.05) is 0 Å². The van der Waals surface area contributed by atoms with Gasteiger partial charge < -0.3 is 20.8 Å². The second-order valence-corrected chi connectivity index (χ2v) is 5.92. The van der Waals surface area contributed by atoms with Crippen LogP contribution in [0.15, 0.2) is 0 Å². The predicted molar refractivity (Wildman–Crippen MR) is 66.2 cm³/mol. The number of amides is 2. The Labute approximate surface area is 112 Å². The first-order chi connectivity index (χ1) is 8.88. The van der Waals surface area contributed by atoms with Crippen molar-refractivity contribution in [3.63, 3.8) is 0 Å². The van der Waals surface area contributed by atoms with E-state index >= 15 is 0 Å². The highest BCUT2D eigenvalue weighted by Crippen LogP contribution is 2.08. The number of aliphatic carboxylic acids is 2. The van der Waals surface area contributed by atoms with Gasteiger partial charge in [-0.05, 0) is 12.8 Å². The Hall–Kier alpha value is -1.64. The van der Waals surface area contributed by atoms with Gasteiger partial charge in [0, 0.05) is 28.3 Å². The Morgan fingerprint density at radius 3 is 2.26 bits per heavy atom. The fourth-order valence-corrected chi connectivity index (χ4v) is 3.00. The predicted octanol–water partition coefficient (Wildman–Crippen LogP) is -0.875. The maximum Gasteiger partial charge on any atom is 0.326 e. The molecule has 0 spiro atoms. The van der Waals surface area contributed by atoms with E-state index in [0.717, 1.165) is 0 Å². The summed E-state index contributed by atoms with van der Waals surface area (Å²) in [6.45, 7) is 0. The Morgan fingerprint density at radius 1 is 1.21 bits per heavy atom. The van der Waals surface area contributed by atoms with Crippen molar-refractivity contribution in [2.75, 3.05) is 11.5 Å². The molecule has 0 aromatic carbocycles. The highest BCUT2D eigenvalue weighted by molar-refractivity contribution is 7.85. The van der Waals surface area contributed by atoms with Gasteiger partial charge in [0.2, 0.25) is 0 Å². The summed E-state index contributed by atoms with van der Waals surface area (Å²) in [6.07, 6.45) is 0.449. The smallest absolute Gasteiger partial charge is 0.326 e. The van der Waals surface area contributed by atoms with E-state index in [4.69, 9.17) is 10.2 Å². The van der Waals surface area contributed by atoms with E-state index in [1.54, 1.807) is 0 Å². The number of hydrogen-bond acceptors (Lipinski definition) is 4. The molecule has 0 aromatic heterocycles. The number of carbonyl (C=O) groups excluding carboxylic acids is 1. The summed E-state index contributed by atoms with van der Waals surface area (Å²) in [5, 5.41) is 22.0. The molecule has 0 aromatic rings. The summed E-state index contributed by atoms with van der Waals surface area (Å²) in [7, 11) is -0.845. The van der Waals surface area contributed by atoms with Crippen LogP contribution in [0.4, 0.5) is 4.79 Å². The molecule has 0 aliphatic carbocycles. The number of urea groups is 1. The van der Waals surface area contributed by atoms with Crippen LogP contribution in [-0.4, -0.2) is 56.0 Å². The van der Waals surface area contributed by atoms with Crippen molar-refractivity contribution >= 4 is 28.8 Å². The Morgan fingerprint density at radius 2 is 1.79 bits per heavy atom. The van der Waals surface area contributed by atoms with Crippen LogP contribution in [0, 0.1) is 0 Å². The highest BCUT2D eigenvalue weighted by atomic mass is 32.2. The molecule has 4 N–H and O–H groups in total. The number of carbonyl (C=O) groups is 3.